The van der Waals surface area contributed by atoms with Crippen LogP contribution >= 0.6 is 22.7 Å². The van der Waals surface area contributed by atoms with Crippen molar-refractivity contribution in [3.05, 3.63) is 70.4 Å². The highest BCUT2D eigenvalue weighted by molar-refractivity contribution is 7.90. The van der Waals surface area contributed by atoms with E-state index in [-0.39, 0.29) is 34.8 Å². The molecule has 4 aromatic rings. The summed E-state index contributed by atoms with van der Waals surface area (Å²) in [5.41, 5.74) is 4.13. The molecule has 0 spiro atoms. The second-order valence-corrected chi connectivity index (χ2v) is 17.1. The van der Waals surface area contributed by atoms with Crippen LogP contribution in [0.2, 0.25) is 0 Å². The van der Waals surface area contributed by atoms with E-state index in [0.29, 0.717) is 17.5 Å². The lowest BCUT2D eigenvalue weighted by Crippen LogP contribution is -2.49. The molecular formula is C29H36N2O6S4. The van der Waals surface area contributed by atoms with Crippen LogP contribution < -0.4 is 5.48 Å². The van der Waals surface area contributed by atoms with E-state index in [1.165, 1.54) is 0 Å². The van der Waals surface area contributed by atoms with Crippen molar-refractivity contribution < 1.29 is 26.6 Å². The Labute approximate surface area is 250 Å². The molecule has 0 radical (unpaired) electrons. The lowest BCUT2D eigenvalue weighted by molar-refractivity contribution is -0.228. The molecule has 222 valence electrons. The van der Waals surface area contributed by atoms with Crippen LogP contribution in [0.4, 0.5) is 0 Å². The fourth-order valence-electron chi connectivity index (χ4n) is 4.59. The van der Waals surface area contributed by atoms with Crippen LogP contribution in [0.5, 0.6) is 0 Å². The number of sulfone groups is 2. The minimum absolute atomic E-state index is 0.120. The largest absolute Gasteiger partial charge is 0.276 e. The zero-order valence-corrected chi connectivity index (χ0v) is 26.8. The zero-order valence-electron chi connectivity index (χ0n) is 23.5. The first-order valence-electron chi connectivity index (χ1n) is 13.3. The quantitative estimate of drug-likeness (QED) is 0.134. The number of hydroxylamine groups is 3. The van der Waals surface area contributed by atoms with Gasteiger partial charge in [0, 0.05) is 9.40 Å². The molecule has 41 heavy (non-hydrogen) atoms. The Hall–Kier alpha value is -2.35. The Morgan fingerprint density at radius 3 is 1.76 bits per heavy atom. The first kappa shape index (κ1) is 31.6. The topological polar surface area (TPSA) is 110 Å². The molecule has 1 amide bonds. The predicted molar refractivity (Wildman–Crippen MR) is 168 cm³/mol. The number of benzene rings is 2. The van der Waals surface area contributed by atoms with Crippen molar-refractivity contribution in [1.29, 1.82) is 0 Å². The van der Waals surface area contributed by atoms with Gasteiger partial charge in [-0.3, -0.25) is 4.79 Å². The third-order valence-corrected chi connectivity index (χ3v) is 12.0. The van der Waals surface area contributed by atoms with Crippen molar-refractivity contribution in [2.75, 3.05) is 11.5 Å². The fraction of sp³-hybridized carbons (Fsp3) is 0.414. The summed E-state index contributed by atoms with van der Waals surface area (Å²) in [5.74, 6) is -1.19. The molecule has 2 aromatic heterocycles. The molecule has 0 fully saturated rings. The van der Waals surface area contributed by atoms with Gasteiger partial charge in [0.25, 0.3) is 0 Å². The number of nitrogens with one attached hydrogen (secondary N) is 1. The maximum absolute atomic E-state index is 13.2. The molecular weight excluding hydrogens is 601 g/mol. The molecule has 1 unspecified atom stereocenters. The summed E-state index contributed by atoms with van der Waals surface area (Å²) in [6.07, 6.45) is 0.437. The van der Waals surface area contributed by atoms with Crippen LogP contribution in [-0.2, 0) is 40.9 Å². The van der Waals surface area contributed by atoms with Gasteiger partial charge in [-0.1, -0.05) is 39.8 Å². The van der Waals surface area contributed by atoms with E-state index in [9.17, 15) is 21.6 Å². The van der Waals surface area contributed by atoms with Crippen LogP contribution in [0.25, 0.3) is 20.2 Å². The highest BCUT2D eigenvalue weighted by Crippen LogP contribution is 2.25. The van der Waals surface area contributed by atoms with Gasteiger partial charge in [-0.15, -0.1) is 22.7 Å². The number of fused-ring (bicyclic) bond motifs is 2. The lowest BCUT2D eigenvalue weighted by Gasteiger charge is -2.32. The Balaban J connectivity index is 1.41. The summed E-state index contributed by atoms with van der Waals surface area (Å²) >= 11 is 3.20. The molecule has 0 saturated carbocycles. The molecule has 0 aliphatic heterocycles. The van der Waals surface area contributed by atoms with E-state index in [0.717, 1.165) is 25.2 Å². The number of hydrogen-bond donors (Lipinski definition) is 1. The third kappa shape index (κ3) is 8.59. The van der Waals surface area contributed by atoms with Crippen LogP contribution in [-0.4, -0.2) is 51.9 Å². The Kier molecular flexibility index (Phi) is 10.2. The molecule has 2 aromatic carbocycles. The van der Waals surface area contributed by atoms with E-state index in [2.05, 4.69) is 5.48 Å². The first-order valence-corrected chi connectivity index (χ1v) is 18.8. The minimum atomic E-state index is -3.62. The van der Waals surface area contributed by atoms with Gasteiger partial charge in [-0.2, -0.15) is 10.4 Å². The van der Waals surface area contributed by atoms with Crippen molar-refractivity contribution in [1.82, 2.24) is 10.5 Å². The average Bonchev–Trinajstić information content (AvgIpc) is 3.55. The van der Waals surface area contributed by atoms with Gasteiger partial charge in [0.05, 0.1) is 35.1 Å². The molecule has 1 N–H and O–H groups in total. The van der Waals surface area contributed by atoms with Gasteiger partial charge < -0.3 is 0 Å². The molecule has 0 bridgehead atoms. The highest BCUT2D eigenvalue weighted by atomic mass is 32.2. The second-order valence-electron chi connectivity index (χ2n) is 11.0. The molecule has 8 nitrogen and oxygen atoms in total. The maximum atomic E-state index is 13.2. The van der Waals surface area contributed by atoms with Gasteiger partial charge >= 0.3 is 0 Å². The number of rotatable bonds is 15. The van der Waals surface area contributed by atoms with Gasteiger partial charge in [0.15, 0.2) is 19.7 Å². The maximum Gasteiger partial charge on any atom is 0.235 e. The summed E-state index contributed by atoms with van der Waals surface area (Å²) in [4.78, 5) is 17.7. The Morgan fingerprint density at radius 1 is 0.780 bits per heavy atom. The van der Waals surface area contributed by atoms with Gasteiger partial charge in [-0.05, 0) is 80.9 Å². The summed E-state index contributed by atoms with van der Waals surface area (Å²) < 4.78 is 54.8. The Morgan fingerprint density at radius 2 is 1.29 bits per heavy atom. The molecule has 4 rings (SSSR count). The standard InChI is InChI=1S/C29H36N2O6S4/c1-20(2)26(17-40(33,34)15-22-5-7-28-24(13-22)9-11-38-28)30-37-31(19-32)27(21(3)4)18-41(35,36)16-23-6-8-29-25(14-23)10-12-39-29/h5-14,19-21,26-27,30H,15-18H2,1-4H3/t26?,27-/m1/s1. The SMILES string of the molecule is CC(C)C(CS(=O)(=O)Cc1ccc2sccc2c1)NON(C=O)[C@H](CS(=O)(=O)Cc1ccc2sccc2c1)C(C)C. The molecule has 2 heterocycles. The number of thiophene rings is 2. The van der Waals surface area contributed by atoms with Crippen molar-refractivity contribution in [2.24, 2.45) is 11.8 Å². The molecule has 0 aliphatic rings. The summed E-state index contributed by atoms with van der Waals surface area (Å²) in [5, 5.41) is 6.89. The van der Waals surface area contributed by atoms with E-state index in [1.54, 1.807) is 22.7 Å². The number of carbonyl (C=O) groups excluding carboxylic acids is 1. The number of nitrogens with zero attached hydrogens (tertiary/aromatic N) is 1. The lowest BCUT2D eigenvalue weighted by atomic mass is 10.1. The van der Waals surface area contributed by atoms with Crippen molar-refractivity contribution >= 4 is 68.9 Å². The van der Waals surface area contributed by atoms with Crippen LogP contribution in [0.15, 0.2) is 59.3 Å². The average molecular weight is 637 g/mol. The first-order chi connectivity index (χ1) is 19.4. The molecule has 2 atom stereocenters. The van der Waals surface area contributed by atoms with Gasteiger partial charge in [-0.25, -0.2) is 21.9 Å². The third-order valence-electron chi connectivity index (χ3n) is 6.98. The molecule has 0 aliphatic carbocycles. The highest BCUT2D eigenvalue weighted by Gasteiger charge is 2.30. The smallest absolute Gasteiger partial charge is 0.235 e. The predicted octanol–water partition coefficient (Wildman–Crippen LogP) is 5.59. The number of amides is 1. The van der Waals surface area contributed by atoms with E-state index >= 15 is 0 Å². The Bertz CT molecular complexity index is 1690. The van der Waals surface area contributed by atoms with Crippen molar-refractivity contribution in [3.8, 4) is 0 Å². The van der Waals surface area contributed by atoms with Gasteiger partial charge in [0.2, 0.25) is 6.41 Å². The van der Waals surface area contributed by atoms with Crippen molar-refractivity contribution in [2.45, 2.75) is 51.3 Å². The summed E-state index contributed by atoms with van der Waals surface area (Å²) in [6, 6.07) is 13.7. The monoisotopic (exact) mass is 636 g/mol. The summed E-state index contributed by atoms with van der Waals surface area (Å²) in [6.45, 7) is 7.33. The van der Waals surface area contributed by atoms with Crippen molar-refractivity contribution in [3.63, 3.8) is 0 Å². The molecule has 12 heteroatoms. The van der Waals surface area contributed by atoms with E-state index in [4.69, 9.17) is 4.94 Å². The normalized spacial score (nSPS) is 14.2. The van der Waals surface area contributed by atoms with Crippen LogP contribution in [0.1, 0.15) is 38.8 Å². The number of carbonyl (C=O) groups is 1. The second kappa shape index (κ2) is 13.3. The number of hydrogen-bond acceptors (Lipinski definition) is 9. The minimum Gasteiger partial charge on any atom is -0.276 e. The zero-order chi connectivity index (χ0) is 29.8. The van der Waals surface area contributed by atoms with E-state index < -0.39 is 31.8 Å². The molecule has 0 saturated heterocycles. The summed E-state index contributed by atoms with van der Waals surface area (Å²) in [7, 11) is -7.15. The van der Waals surface area contributed by atoms with Crippen LogP contribution in [0, 0.1) is 11.8 Å². The van der Waals surface area contributed by atoms with Crippen LogP contribution in [0.3, 0.4) is 0 Å². The fourth-order valence-corrected chi connectivity index (χ4v) is 9.79. The van der Waals surface area contributed by atoms with E-state index in [1.807, 2.05) is 87.0 Å². The van der Waals surface area contributed by atoms with Gasteiger partial charge in [0.1, 0.15) is 0 Å².